The van der Waals surface area contributed by atoms with Crippen LogP contribution in [-0.2, 0) is 22.5 Å². The van der Waals surface area contributed by atoms with Gasteiger partial charge in [0, 0.05) is 18.6 Å². The molecule has 3 N–H and O–H groups in total. The van der Waals surface area contributed by atoms with E-state index in [4.69, 9.17) is 9.47 Å². The summed E-state index contributed by atoms with van der Waals surface area (Å²) < 4.78 is 11.0. The Morgan fingerprint density at radius 3 is 2.71 bits per heavy atom. The van der Waals surface area contributed by atoms with Gasteiger partial charge in [-0.2, -0.15) is 0 Å². The lowest BCUT2D eigenvalue weighted by atomic mass is 9.79. The van der Waals surface area contributed by atoms with Gasteiger partial charge in [0.15, 0.2) is 0 Å². The molecule has 3 heterocycles. The summed E-state index contributed by atoms with van der Waals surface area (Å²) in [6, 6.07) is 10.2. The first-order valence-electron chi connectivity index (χ1n) is 14.1. The highest BCUT2D eigenvalue weighted by Gasteiger charge is 2.31. The van der Waals surface area contributed by atoms with Crippen molar-refractivity contribution < 1.29 is 19.1 Å². The lowest BCUT2D eigenvalue weighted by molar-refractivity contribution is -0.113. The van der Waals surface area contributed by atoms with Crippen LogP contribution in [0, 0.1) is 5.92 Å². The summed E-state index contributed by atoms with van der Waals surface area (Å²) in [7, 11) is 1.58. The van der Waals surface area contributed by atoms with Gasteiger partial charge in [0.25, 0.3) is 0 Å². The molecule has 5 rings (SSSR count). The number of hydrogen-bond acceptors (Lipinski definition) is 9. The molecule has 11 heteroatoms. The zero-order valence-electron chi connectivity index (χ0n) is 24.0. The molecule has 2 aliphatic rings. The maximum Gasteiger partial charge on any atom is 0.407 e. The minimum atomic E-state index is -0.583. The van der Waals surface area contributed by atoms with Gasteiger partial charge in [-0.05, 0) is 82.6 Å². The van der Waals surface area contributed by atoms with Crippen LogP contribution in [0.3, 0.4) is 0 Å². The molecule has 1 aromatic carbocycles. The largest absolute Gasteiger partial charge is 0.480 e. The first-order chi connectivity index (χ1) is 19.7. The molecule has 2 aromatic heterocycles. The normalized spacial score (nSPS) is 19.7. The van der Waals surface area contributed by atoms with E-state index in [2.05, 4.69) is 30.9 Å². The van der Waals surface area contributed by atoms with Crippen LogP contribution in [0.25, 0.3) is 11.0 Å². The van der Waals surface area contributed by atoms with Crippen LogP contribution in [0.4, 0.5) is 10.6 Å². The first-order valence-corrected chi connectivity index (χ1v) is 15.1. The van der Waals surface area contributed by atoms with Crippen LogP contribution >= 0.6 is 11.8 Å². The molecule has 1 fully saturated rings. The Kier molecular flexibility index (Phi) is 8.94. The molecular formula is C30H38N6O4S. The fraction of sp³-hybridized carbons (Fsp3) is 0.500. The molecular weight excluding hydrogens is 540 g/mol. The Balaban J connectivity index is 1.25. The number of benzene rings is 1. The summed E-state index contributed by atoms with van der Waals surface area (Å²) in [4.78, 5) is 39.4. The number of nitrogens with zero attached hydrogens (tertiary/aromatic N) is 3. The second-order valence-corrected chi connectivity index (χ2v) is 12.7. The number of pyridine rings is 1. The summed E-state index contributed by atoms with van der Waals surface area (Å²) in [6.45, 7) is 6.25. The van der Waals surface area contributed by atoms with E-state index >= 15 is 0 Å². The molecule has 1 atom stereocenters. The van der Waals surface area contributed by atoms with Crippen molar-refractivity contribution in [2.75, 3.05) is 18.2 Å². The monoisotopic (exact) mass is 578 g/mol. The number of amides is 2. The number of carbonyl (C=O) groups excluding carboxylic acids is 2. The smallest absolute Gasteiger partial charge is 0.407 e. The summed E-state index contributed by atoms with van der Waals surface area (Å²) in [5.41, 5.74) is 2.91. The first kappa shape index (κ1) is 29.1. The summed E-state index contributed by atoms with van der Waals surface area (Å²) >= 11 is 1.52. The summed E-state index contributed by atoms with van der Waals surface area (Å²) in [5.74, 6) is 1.82. The van der Waals surface area contributed by atoms with Crippen molar-refractivity contribution in [2.24, 2.45) is 5.92 Å². The number of carbonyl (C=O) groups is 2. The molecule has 0 spiro atoms. The van der Waals surface area contributed by atoms with Crippen molar-refractivity contribution in [1.82, 2.24) is 25.6 Å². The maximum atomic E-state index is 12.9. The fourth-order valence-electron chi connectivity index (χ4n) is 5.45. The van der Waals surface area contributed by atoms with E-state index in [0.717, 1.165) is 52.9 Å². The lowest BCUT2D eigenvalue weighted by Crippen LogP contribution is -2.46. The lowest BCUT2D eigenvalue weighted by Gasteiger charge is -2.35. The minimum absolute atomic E-state index is 0.0114. The SMILES string of the molecule is COc1cnc2cccc(CC(NC(=O)OC(C)(C)C)C3CCC(NCc4ccc5c(n4)NC(=O)CS5)CC3)c2n1. The summed E-state index contributed by atoms with van der Waals surface area (Å²) in [6.07, 6.45) is 5.71. The van der Waals surface area contributed by atoms with Crippen molar-refractivity contribution in [2.45, 2.75) is 82.0 Å². The molecule has 1 unspecified atom stereocenters. The minimum Gasteiger partial charge on any atom is -0.480 e. The van der Waals surface area contributed by atoms with Crippen molar-refractivity contribution in [3.05, 3.63) is 47.8 Å². The highest BCUT2D eigenvalue weighted by atomic mass is 32.2. The zero-order valence-corrected chi connectivity index (χ0v) is 24.8. The van der Waals surface area contributed by atoms with Gasteiger partial charge in [0.05, 0.1) is 40.7 Å². The molecule has 0 saturated heterocycles. The fourth-order valence-corrected chi connectivity index (χ4v) is 6.20. The van der Waals surface area contributed by atoms with Crippen LogP contribution in [0.1, 0.15) is 57.7 Å². The third-order valence-electron chi connectivity index (χ3n) is 7.43. The third kappa shape index (κ3) is 7.65. The molecule has 1 saturated carbocycles. The van der Waals surface area contributed by atoms with E-state index in [-0.39, 0.29) is 17.9 Å². The molecule has 1 aliphatic carbocycles. The van der Waals surface area contributed by atoms with Crippen molar-refractivity contribution in [3.8, 4) is 5.88 Å². The number of thioether (sulfide) groups is 1. The quantitative estimate of drug-likeness (QED) is 0.343. The molecule has 41 heavy (non-hydrogen) atoms. The Bertz CT molecular complexity index is 1400. The van der Waals surface area contributed by atoms with Gasteiger partial charge in [0.2, 0.25) is 11.8 Å². The third-order valence-corrected chi connectivity index (χ3v) is 8.48. The average Bonchev–Trinajstić information content (AvgIpc) is 2.94. The molecule has 0 radical (unpaired) electrons. The van der Waals surface area contributed by atoms with Crippen LogP contribution in [-0.4, -0.2) is 57.5 Å². The summed E-state index contributed by atoms with van der Waals surface area (Å²) in [5, 5.41) is 9.70. The predicted octanol–water partition coefficient (Wildman–Crippen LogP) is 4.86. The van der Waals surface area contributed by atoms with Gasteiger partial charge in [-0.3, -0.25) is 4.79 Å². The topological polar surface area (TPSA) is 127 Å². The van der Waals surface area contributed by atoms with Gasteiger partial charge in [0.1, 0.15) is 11.4 Å². The molecule has 218 valence electrons. The number of nitrogens with one attached hydrogen (secondary N) is 3. The highest BCUT2D eigenvalue weighted by molar-refractivity contribution is 8.00. The van der Waals surface area contributed by atoms with E-state index in [0.29, 0.717) is 36.5 Å². The van der Waals surface area contributed by atoms with E-state index < -0.39 is 11.7 Å². The Hall–Kier alpha value is -3.44. The molecule has 2 amide bonds. The Morgan fingerprint density at radius 2 is 1.95 bits per heavy atom. The van der Waals surface area contributed by atoms with E-state index in [1.807, 2.05) is 51.1 Å². The van der Waals surface area contributed by atoms with E-state index in [1.165, 1.54) is 11.8 Å². The van der Waals surface area contributed by atoms with Crippen molar-refractivity contribution in [3.63, 3.8) is 0 Å². The number of ether oxygens (including phenoxy) is 2. The Labute approximate surface area is 244 Å². The Morgan fingerprint density at radius 1 is 1.15 bits per heavy atom. The van der Waals surface area contributed by atoms with Crippen LogP contribution in [0.15, 0.2) is 41.4 Å². The van der Waals surface area contributed by atoms with Crippen LogP contribution in [0.5, 0.6) is 5.88 Å². The van der Waals surface area contributed by atoms with Gasteiger partial charge in [-0.1, -0.05) is 12.1 Å². The number of alkyl carbamates (subject to hydrolysis) is 1. The predicted molar refractivity (Wildman–Crippen MR) is 159 cm³/mol. The second kappa shape index (κ2) is 12.6. The van der Waals surface area contributed by atoms with Crippen LogP contribution < -0.4 is 20.7 Å². The number of para-hydroxylation sites is 1. The van der Waals surface area contributed by atoms with E-state index in [9.17, 15) is 9.59 Å². The van der Waals surface area contributed by atoms with Gasteiger partial charge >= 0.3 is 6.09 Å². The van der Waals surface area contributed by atoms with Crippen molar-refractivity contribution >= 4 is 40.6 Å². The molecule has 10 nitrogen and oxygen atoms in total. The van der Waals surface area contributed by atoms with Crippen molar-refractivity contribution in [1.29, 1.82) is 0 Å². The number of fused-ring (bicyclic) bond motifs is 2. The number of aromatic nitrogens is 3. The number of anilines is 1. The van der Waals surface area contributed by atoms with Gasteiger partial charge in [-0.15, -0.1) is 11.8 Å². The highest BCUT2D eigenvalue weighted by Crippen LogP contribution is 2.32. The average molecular weight is 579 g/mol. The molecule has 0 bridgehead atoms. The standard InChI is InChI=1S/C30H38N6O4S/c1-30(2,3)40-29(38)34-23(14-19-6-5-7-22-27(19)36-26(39-4)16-32-22)18-8-10-20(11-9-18)31-15-21-12-13-24-28(33-21)35-25(37)17-41-24/h5-7,12-13,16,18,20,23,31H,8-11,14-15,17H2,1-4H3,(H,34,38)(H,33,35,37). The van der Waals surface area contributed by atoms with E-state index in [1.54, 1.807) is 13.3 Å². The van der Waals surface area contributed by atoms with Gasteiger partial charge < -0.3 is 25.4 Å². The maximum absolute atomic E-state index is 12.9. The number of methoxy groups -OCH3 is 1. The van der Waals surface area contributed by atoms with Crippen LogP contribution in [0.2, 0.25) is 0 Å². The van der Waals surface area contributed by atoms with Gasteiger partial charge in [-0.25, -0.2) is 19.7 Å². The molecule has 1 aliphatic heterocycles. The molecule has 3 aromatic rings. The number of rotatable bonds is 8. The second-order valence-electron chi connectivity index (χ2n) is 11.6. The number of hydrogen-bond donors (Lipinski definition) is 3. The zero-order chi connectivity index (χ0) is 29.0.